The number of allylic oxidation sites excluding steroid dienone is 1. The smallest absolute Gasteiger partial charge is 0.0448 e. The number of nitrogens with zero attached hydrogens (tertiary/aromatic N) is 1. The van der Waals surface area contributed by atoms with E-state index in [1.54, 1.807) is 0 Å². The molecule has 0 unspecified atom stereocenters. The minimum atomic E-state index is 0.207. The van der Waals surface area contributed by atoms with E-state index in [-0.39, 0.29) is 5.41 Å². The van der Waals surface area contributed by atoms with Crippen molar-refractivity contribution in [3.63, 3.8) is 0 Å². The molecule has 0 aromatic heterocycles. The van der Waals surface area contributed by atoms with Crippen molar-refractivity contribution in [2.24, 2.45) is 0 Å². The Hall–Kier alpha value is -1.24. The summed E-state index contributed by atoms with van der Waals surface area (Å²) < 4.78 is 0. The van der Waals surface area contributed by atoms with Gasteiger partial charge in [0, 0.05) is 17.4 Å². The average molecular weight is 215 g/mol. The molecule has 1 nitrogen and oxygen atoms in total. The van der Waals surface area contributed by atoms with Gasteiger partial charge in [-0.15, -0.1) is 0 Å². The topological polar surface area (TPSA) is 3.24 Å². The number of fused-ring (bicyclic) bond motifs is 1. The Bertz CT molecular complexity index is 415. The van der Waals surface area contributed by atoms with Gasteiger partial charge in [0.2, 0.25) is 0 Å². The number of benzene rings is 1. The molecule has 1 aliphatic rings. The lowest BCUT2D eigenvalue weighted by atomic mass is 9.76. The highest BCUT2D eigenvalue weighted by Gasteiger charge is 2.33. The molecule has 16 heavy (non-hydrogen) atoms. The number of rotatable bonds is 1. The van der Waals surface area contributed by atoms with Crippen molar-refractivity contribution in [1.82, 2.24) is 0 Å². The van der Waals surface area contributed by atoms with Crippen molar-refractivity contribution in [2.45, 2.75) is 45.6 Å². The lowest BCUT2D eigenvalue weighted by molar-refractivity contribution is 0.484. The van der Waals surface area contributed by atoms with Crippen molar-refractivity contribution >= 4 is 5.69 Å². The Balaban J connectivity index is 2.59. The molecule has 1 aliphatic heterocycles. The molecule has 0 bridgehead atoms. The molecule has 0 N–H and O–H groups in total. The largest absolute Gasteiger partial charge is 0.343 e. The highest BCUT2D eigenvalue weighted by molar-refractivity contribution is 5.64. The van der Waals surface area contributed by atoms with Crippen LogP contribution in [-0.4, -0.2) is 6.04 Å². The summed E-state index contributed by atoms with van der Waals surface area (Å²) in [6.45, 7) is 13.3. The van der Waals surface area contributed by atoms with E-state index in [9.17, 15) is 0 Å². The molecular formula is C15H21N. The van der Waals surface area contributed by atoms with Gasteiger partial charge in [-0.2, -0.15) is 0 Å². The second-order valence-corrected chi connectivity index (χ2v) is 5.61. The second kappa shape index (κ2) is 3.65. The second-order valence-electron chi connectivity index (χ2n) is 5.61. The zero-order valence-corrected chi connectivity index (χ0v) is 10.7. The van der Waals surface area contributed by atoms with Gasteiger partial charge < -0.3 is 4.90 Å². The minimum Gasteiger partial charge on any atom is -0.343 e. The van der Waals surface area contributed by atoms with E-state index in [1.165, 1.54) is 16.9 Å². The maximum atomic E-state index is 4.24. The summed E-state index contributed by atoms with van der Waals surface area (Å²) in [5.74, 6) is 0. The average Bonchev–Trinajstić information content (AvgIpc) is 2.15. The molecule has 86 valence electrons. The summed E-state index contributed by atoms with van der Waals surface area (Å²) in [5.41, 5.74) is 4.22. The van der Waals surface area contributed by atoms with Gasteiger partial charge in [-0.1, -0.05) is 38.6 Å². The molecule has 0 atom stereocenters. The maximum Gasteiger partial charge on any atom is 0.0448 e. The highest BCUT2D eigenvalue weighted by atomic mass is 15.2. The van der Waals surface area contributed by atoms with Gasteiger partial charge in [0.25, 0.3) is 0 Å². The number of hydrogen-bond acceptors (Lipinski definition) is 1. The third-order valence-electron chi connectivity index (χ3n) is 3.40. The van der Waals surface area contributed by atoms with E-state index in [1.807, 2.05) is 0 Å². The summed E-state index contributed by atoms with van der Waals surface area (Å²) in [6, 6.07) is 9.18. The van der Waals surface area contributed by atoms with Gasteiger partial charge in [-0.3, -0.25) is 0 Å². The number of anilines is 1. The van der Waals surface area contributed by atoms with Crippen molar-refractivity contribution in [1.29, 1.82) is 0 Å². The van der Waals surface area contributed by atoms with E-state index < -0.39 is 0 Å². The van der Waals surface area contributed by atoms with E-state index in [0.29, 0.717) is 6.04 Å². The lowest BCUT2D eigenvalue weighted by Gasteiger charge is -2.43. The molecule has 0 radical (unpaired) electrons. The van der Waals surface area contributed by atoms with E-state index in [0.717, 1.165) is 6.42 Å². The van der Waals surface area contributed by atoms with E-state index in [2.05, 4.69) is 63.4 Å². The van der Waals surface area contributed by atoms with Crippen LogP contribution < -0.4 is 4.90 Å². The SMILES string of the molecule is C=C1CC(C)(C)c2ccccc2N1C(C)C. The predicted octanol–water partition coefficient (Wildman–Crippen LogP) is 4.10. The Morgan fingerprint density at radius 2 is 1.88 bits per heavy atom. The van der Waals surface area contributed by atoms with Crippen LogP contribution >= 0.6 is 0 Å². The van der Waals surface area contributed by atoms with Gasteiger partial charge in [-0.25, -0.2) is 0 Å². The fourth-order valence-corrected chi connectivity index (χ4v) is 2.76. The summed E-state index contributed by atoms with van der Waals surface area (Å²) >= 11 is 0. The zero-order chi connectivity index (χ0) is 11.9. The Labute approximate surface area is 98.8 Å². The van der Waals surface area contributed by atoms with Crippen LogP contribution in [0.25, 0.3) is 0 Å². The fourth-order valence-electron chi connectivity index (χ4n) is 2.76. The first kappa shape index (κ1) is 11.3. The molecular weight excluding hydrogens is 194 g/mol. The predicted molar refractivity (Wildman–Crippen MR) is 70.8 cm³/mol. The minimum absolute atomic E-state index is 0.207. The molecule has 0 saturated carbocycles. The number of hydrogen-bond donors (Lipinski definition) is 0. The first-order chi connectivity index (χ1) is 7.43. The van der Waals surface area contributed by atoms with Crippen molar-refractivity contribution in [2.75, 3.05) is 4.90 Å². The first-order valence-corrected chi connectivity index (χ1v) is 6.00. The Morgan fingerprint density at radius 3 is 2.50 bits per heavy atom. The Morgan fingerprint density at radius 1 is 1.25 bits per heavy atom. The molecule has 0 spiro atoms. The Kier molecular flexibility index (Phi) is 2.57. The number of para-hydroxylation sites is 1. The summed E-state index contributed by atoms with van der Waals surface area (Å²) in [5, 5.41) is 0. The van der Waals surface area contributed by atoms with Gasteiger partial charge in [-0.05, 0) is 37.3 Å². The van der Waals surface area contributed by atoms with Gasteiger partial charge in [0.15, 0.2) is 0 Å². The van der Waals surface area contributed by atoms with Crippen molar-refractivity contribution in [3.8, 4) is 0 Å². The van der Waals surface area contributed by atoms with Crippen LogP contribution in [0, 0.1) is 0 Å². The fraction of sp³-hybridized carbons (Fsp3) is 0.467. The maximum absolute atomic E-state index is 4.24. The lowest BCUT2D eigenvalue weighted by Crippen LogP contribution is -2.39. The molecule has 1 heteroatoms. The monoisotopic (exact) mass is 215 g/mol. The molecule has 1 aromatic carbocycles. The van der Waals surface area contributed by atoms with Crippen LogP contribution in [0.3, 0.4) is 0 Å². The van der Waals surface area contributed by atoms with Crippen LogP contribution in [0.5, 0.6) is 0 Å². The van der Waals surface area contributed by atoms with Gasteiger partial charge in [0.1, 0.15) is 0 Å². The van der Waals surface area contributed by atoms with E-state index in [4.69, 9.17) is 0 Å². The quantitative estimate of drug-likeness (QED) is 0.682. The zero-order valence-electron chi connectivity index (χ0n) is 10.7. The molecule has 1 aromatic rings. The third-order valence-corrected chi connectivity index (χ3v) is 3.40. The highest BCUT2D eigenvalue weighted by Crippen LogP contribution is 2.44. The van der Waals surface area contributed by atoms with Crippen LogP contribution in [0.4, 0.5) is 5.69 Å². The summed E-state index contributed by atoms with van der Waals surface area (Å²) in [4.78, 5) is 2.36. The molecule has 2 rings (SSSR count). The molecule has 0 saturated heterocycles. The van der Waals surface area contributed by atoms with Crippen LogP contribution in [0.1, 0.15) is 39.7 Å². The third kappa shape index (κ3) is 1.64. The normalized spacial score (nSPS) is 18.8. The molecule has 0 amide bonds. The summed E-state index contributed by atoms with van der Waals surface area (Å²) in [7, 11) is 0. The van der Waals surface area contributed by atoms with Gasteiger partial charge >= 0.3 is 0 Å². The van der Waals surface area contributed by atoms with Crippen LogP contribution in [-0.2, 0) is 5.41 Å². The van der Waals surface area contributed by atoms with Crippen LogP contribution in [0.15, 0.2) is 36.5 Å². The molecule has 1 heterocycles. The molecule has 0 aliphatic carbocycles. The van der Waals surface area contributed by atoms with E-state index >= 15 is 0 Å². The standard InChI is InChI=1S/C15H21N/c1-11(2)16-12(3)10-15(4,5)13-8-6-7-9-14(13)16/h6-9,11H,3,10H2,1-2,4-5H3. The van der Waals surface area contributed by atoms with Crippen molar-refractivity contribution < 1.29 is 0 Å². The van der Waals surface area contributed by atoms with Gasteiger partial charge in [0.05, 0.1) is 0 Å². The first-order valence-electron chi connectivity index (χ1n) is 6.00. The van der Waals surface area contributed by atoms with Crippen molar-refractivity contribution in [3.05, 3.63) is 42.1 Å². The summed E-state index contributed by atoms with van der Waals surface area (Å²) in [6.07, 6.45) is 1.04. The molecule has 0 fully saturated rings. The van der Waals surface area contributed by atoms with Crippen LogP contribution in [0.2, 0.25) is 0 Å².